The van der Waals surface area contributed by atoms with Crippen molar-refractivity contribution in [3.8, 4) is 5.82 Å². The number of ether oxygens (including phenoxy) is 1. The number of hydrogen-bond acceptors (Lipinski definition) is 3. The molecule has 0 N–H and O–H groups in total. The third kappa shape index (κ3) is 1.69. The highest BCUT2D eigenvalue weighted by molar-refractivity contribution is 6.32. The van der Waals surface area contributed by atoms with E-state index in [9.17, 15) is 4.79 Å². The van der Waals surface area contributed by atoms with Gasteiger partial charge in [0.25, 0.3) is 0 Å². The first-order chi connectivity index (χ1) is 7.63. The molecule has 0 bridgehead atoms. The summed E-state index contributed by atoms with van der Waals surface area (Å²) in [6.07, 6.45) is 4.93. The second kappa shape index (κ2) is 4.02. The maximum Gasteiger partial charge on any atom is 0.339 e. The minimum Gasteiger partial charge on any atom is -0.465 e. The number of methoxy groups -OCH3 is 1. The molecule has 2 aromatic rings. The number of halogens is 1. The summed E-state index contributed by atoms with van der Waals surface area (Å²) in [5.41, 5.74) is 0.472. The molecule has 0 aliphatic heterocycles. The number of aromatic nitrogens is 3. The Morgan fingerprint density at radius 1 is 1.56 bits per heavy atom. The van der Waals surface area contributed by atoms with Gasteiger partial charge in [0.15, 0.2) is 5.82 Å². The highest BCUT2D eigenvalue weighted by Gasteiger charge is 2.12. The van der Waals surface area contributed by atoms with Crippen LogP contribution in [-0.4, -0.2) is 27.4 Å². The first-order valence-corrected chi connectivity index (χ1v) is 4.95. The van der Waals surface area contributed by atoms with Crippen LogP contribution in [0.4, 0.5) is 0 Å². The molecule has 5 nitrogen and oxygen atoms in total. The van der Waals surface area contributed by atoms with E-state index in [-0.39, 0.29) is 5.97 Å². The van der Waals surface area contributed by atoms with Crippen molar-refractivity contribution in [2.75, 3.05) is 7.11 Å². The molecule has 2 heterocycles. The fourth-order valence-electron chi connectivity index (χ4n) is 1.46. The Hall–Kier alpha value is -1.75. The second-order valence-corrected chi connectivity index (χ2v) is 3.65. The summed E-state index contributed by atoms with van der Waals surface area (Å²) < 4.78 is 7.97. The van der Waals surface area contributed by atoms with Gasteiger partial charge in [-0.2, -0.15) is 5.10 Å². The Bertz CT molecular complexity index is 510. The molecule has 0 spiro atoms. The van der Waals surface area contributed by atoms with Crippen LogP contribution < -0.4 is 0 Å². The summed E-state index contributed by atoms with van der Waals surface area (Å²) >= 11 is 5.98. The van der Waals surface area contributed by atoms with Crippen molar-refractivity contribution < 1.29 is 9.53 Å². The lowest BCUT2D eigenvalue weighted by Gasteiger charge is -2.03. The van der Waals surface area contributed by atoms with E-state index < -0.39 is 0 Å². The van der Waals surface area contributed by atoms with Crippen LogP contribution in [0.3, 0.4) is 0 Å². The van der Waals surface area contributed by atoms with Gasteiger partial charge in [0.05, 0.1) is 18.9 Å². The van der Waals surface area contributed by atoms with E-state index in [1.165, 1.54) is 7.11 Å². The summed E-state index contributed by atoms with van der Waals surface area (Å²) in [5, 5.41) is 4.54. The van der Waals surface area contributed by atoms with E-state index in [0.29, 0.717) is 16.4 Å². The van der Waals surface area contributed by atoms with Crippen molar-refractivity contribution in [2.24, 2.45) is 7.05 Å². The lowest BCUT2D eigenvalue weighted by molar-refractivity contribution is 0.0601. The molecule has 2 aromatic heterocycles. The van der Waals surface area contributed by atoms with E-state index in [1.54, 1.807) is 41.0 Å². The maximum absolute atomic E-state index is 11.3. The highest BCUT2D eigenvalue weighted by Crippen LogP contribution is 2.20. The fourth-order valence-corrected chi connectivity index (χ4v) is 1.73. The standard InChI is InChI=1S/C10H10ClN3O2/c1-13-9(8(11)5-12-13)14-4-3-7(6-14)10(15)16-2/h3-6H,1-2H3. The van der Waals surface area contributed by atoms with Crippen molar-refractivity contribution in [3.63, 3.8) is 0 Å². The van der Waals surface area contributed by atoms with Gasteiger partial charge in [-0.05, 0) is 6.07 Å². The lowest BCUT2D eigenvalue weighted by Crippen LogP contribution is -2.02. The normalized spacial score (nSPS) is 10.4. The third-order valence-electron chi connectivity index (χ3n) is 2.22. The molecule has 0 atom stereocenters. The Morgan fingerprint density at radius 3 is 2.88 bits per heavy atom. The lowest BCUT2D eigenvalue weighted by atomic mass is 10.3. The van der Waals surface area contributed by atoms with Crippen molar-refractivity contribution in [2.45, 2.75) is 0 Å². The third-order valence-corrected chi connectivity index (χ3v) is 2.49. The highest BCUT2D eigenvalue weighted by atomic mass is 35.5. The first kappa shape index (κ1) is 10.8. The van der Waals surface area contributed by atoms with Gasteiger partial charge >= 0.3 is 5.97 Å². The largest absolute Gasteiger partial charge is 0.465 e. The number of carbonyl (C=O) groups is 1. The number of esters is 1. The minimum atomic E-state index is -0.378. The van der Waals surface area contributed by atoms with Gasteiger partial charge in [-0.25, -0.2) is 4.79 Å². The molecule has 84 valence electrons. The molecular weight excluding hydrogens is 230 g/mol. The van der Waals surface area contributed by atoms with Crippen molar-refractivity contribution >= 4 is 17.6 Å². The summed E-state index contributed by atoms with van der Waals surface area (Å²) in [7, 11) is 3.12. The molecule has 0 aliphatic rings. The predicted octanol–water partition coefficient (Wildman–Crippen LogP) is 1.65. The van der Waals surface area contributed by atoms with Gasteiger partial charge in [0.2, 0.25) is 0 Å². The molecule has 0 saturated carbocycles. The average molecular weight is 240 g/mol. The predicted molar refractivity (Wildman–Crippen MR) is 58.9 cm³/mol. The van der Waals surface area contributed by atoms with Crippen LogP contribution in [0, 0.1) is 0 Å². The van der Waals surface area contributed by atoms with Gasteiger partial charge in [-0.1, -0.05) is 11.6 Å². The molecule has 0 amide bonds. The van der Waals surface area contributed by atoms with E-state index in [4.69, 9.17) is 11.6 Å². The quantitative estimate of drug-likeness (QED) is 0.749. The Kier molecular flexibility index (Phi) is 2.70. The molecule has 0 saturated heterocycles. The summed E-state index contributed by atoms with van der Waals surface area (Å²) in [4.78, 5) is 11.3. The molecule has 16 heavy (non-hydrogen) atoms. The number of nitrogens with zero attached hydrogens (tertiary/aromatic N) is 3. The smallest absolute Gasteiger partial charge is 0.339 e. The van der Waals surface area contributed by atoms with Gasteiger partial charge in [0.1, 0.15) is 5.02 Å². The average Bonchev–Trinajstić information content (AvgIpc) is 2.85. The van der Waals surface area contributed by atoms with E-state index in [0.717, 1.165) is 0 Å². The van der Waals surface area contributed by atoms with E-state index >= 15 is 0 Å². The zero-order valence-electron chi connectivity index (χ0n) is 8.85. The molecule has 0 aromatic carbocycles. The molecule has 0 radical (unpaired) electrons. The number of hydrogen-bond donors (Lipinski definition) is 0. The Balaban J connectivity index is 2.43. The van der Waals surface area contributed by atoms with Crippen molar-refractivity contribution in [3.05, 3.63) is 35.2 Å². The van der Waals surface area contributed by atoms with E-state index in [2.05, 4.69) is 9.84 Å². The van der Waals surface area contributed by atoms with Crippen LogP contribution in [0.5, 0.6) is 0 Å². The minimum absolute atomic E-state index is 0.378. The monoisotopic (exact) mass is 239 g/mol. The molecule has 0 aliphatic carbocycles. The van der Waals surface area contributed by atoms with Crippen molar-refractivity contribution in [1.29, 1.82) is 0 Å². The van der Waals surface area contributed by atoms with Crippen LogP contribution in [-0.2, 0) is 11.8 Å². The molecular formula is C10H10ClN3O2. The molecule has 0 fully saturated rings. The summed E-state index contributed by atoms with van der Waals surface area (Å²) in [6.45, 7) is 0. The van der Waals surface area contributed by atoms with Crippen LogP contribution >= 0.6 is 11.6 Å². The maximum atomic E-state index is 11.3. The van der Waals surface area contributed by atoms with Gasteiger partial charge in [0, 0.05) is 19.4 Å². The van der Waals surface area contributed by atoms with Crippen LogP contribution in [0.25, 0.3) is 5.82 Å². The van der Waals surface area contributed by atoms with Crippen LogP contribution in [0.1, 0.15) is 10.4 Å². The van der Waals surface area contributed by atoms with Gasteiger partial charge in [-0.3, -0.25) is 4.68 Å². The Morgan fingerprint density at radius 2 is 2.31 bits per heavy atom. The van der Waals surface area contributed by atoms with E-state index in [1.807, 2.05) is 0 Å². The number of rotatable bonds is 2. The first-order valence-electron chi connectivity index (χ1n) is 4.57. The zero-order chi connectivity index (χ0) is 11.7. The van der Waals surface area contributed by atoms with Crippen LogP contribution in [0.2, 0.25) is 5.02 Å². The van der Waals surface area contributed by atoms with Crippen molar-refractivity contribution in [1.82, 2.24) is 14.3 Å². The van der Waals surface area contributed by atoms with Gasteiger partial charge in [-0.15, -0.1) is 0 Å². The summed E-state index contributed by atoms with van der Waals surface area (Å²) in [6, 6.07) is 1.66. The molecule has 6 heteroatoms. The number of aryl methyl sites for hydroxylation is 1. The Labute approximate surface area is 97.2 Å². The molecule has 2 rings (SSSR count). The zero-order valence-corrected chi connectivity index (χ0v) is 9.60. The SMILES string of the molecule is COC(=O)c1ccn(-c2c(Cl)cnn2C)c1. The molecule has 0 unspecified atom stereocenters. The van der Waals surface area contributed by atoms with Crippen LogP contribution in [0.15, 0.2) is 24.7 Å². The summed E-state index contributed by atoms with van der Waals surface area (Å²) in [5.74, 6) is 0.328. The van der Waals surface area contributed by atoms with Gasteiger partial charge < -0.3 is 9.30 Å². The fraction of sp³-hybridized carbons (Fsp3) is 0.200. The second-order valence-electron chi connectivity index (χ2n) is 3.24. The number of carbonyl (C=O) groups excluding carboxylic acids is 1. The topological polar surface area (TPSA) is 49.1 Å².